The number of ether oxygens (including phenoxy) is 2. The van der Waals surface area contributed by atoms with E-state index in [2.05, 4.69) is 5.32 Å². The van der Waals surface area contributed by atoms with Crippen LogP contribution in [0, 0.1) is 0 Å². The Kier molecular flexibility index (Phi) is 4.39. The second-order valence-electron chi connectivity index (χ2n) is 3.15. The largest absolute Gasteiger partial charge is 0.496 e. The van der Waals surface area contributed by atoms with Gasteiger partial charge in [-0.1, -0.05) is 6.07 Å². The fourth-order valence-corrected chi connectivity index (χ4v) is 1.60. The first kappa shape index (κ1) is 11.8. The predicted octanol–water partition coefficient (Wildman–Crippen LogP) is 0.923. The van der Waals surface area contributed by atoms with E-state index < -0.39 is 0 Å². The van der Waals surface area contributed by atoms with Gasteiger partial charge in [-0.3, -0.25) is 0 Å². The molecule has 0 saturated heterocycles. The molecule has 1 aromatic rings. The van der Waals surface area contributed by atoms with Gasteiger partial charge in [-0.2, -0.15) is 0 Å². The third-order valence-electron chi connectivity index (χ3n) is 2.40. The van der Waals surface area contributed by atoms with Gasteiger partial charge in [0.1, 0.15) is 11.5 Å². The molecule has 0 aromatic heterocycles. The SMILES string of the molecule is CNC(CN)c1c(OC)cccc1OC. The molecule has 0 saturated carbocycles. The minimum Gasteiger partial charge on any atom is -0.496 e. The fraction of sp³-hybridized carbons (Fsp3) is 0.455. The van der Waals surface area contributed by atoms with E-state index in [9.17, 15) is 0 Å². The van der Waals surface area contributed by atoms with Gasteiger partial charge in [0.25, 0.3) is 0 Å². The summed E-state index contributed by atoms with van der Waals surface area (Å²) in [6.07, 6.45) is 0. The van der Waals surface area contributed by atoms with Crippen LogP contribution in [0.1, 0.15) is 11.6 Å². The van der Waals surface area contributed by atoms with Crippen molar-refractivity contribution in [2.75, 3.05) is 27.8 Å². The van der Waals surface area contributed by atoms with Crippen molar-refractivity contribution in [1.29, 1.82) is 0 Å². The number of hydrogen-bond acceptors (Lipinski definition) is 4. The van der Waals surface area contributed by atoms with Gasteiger partial charge in [-0.05, 0) is 19.2 Å². The molecule has 4 heteroatoms. The highest BCUT2D eigenvalue weighted by atomic mass is 16.5. The molecule has 0 amide bonds. The van der Waals surface area contributed by atoms with Crippen molar-refractivity contribution in [1.82, 2.24) is 5.32 Å². The van der Waals surface area contributed by atoms with Gasteiger partial charge in [0.15, 0.2) is 0 Å². The normalized spacial score (nSPS) is 12.3. The van der Waals surface area contributed by atoms with E-state index in [1.165, 1.54) is 0 Å². The molecule has 0 bridgehead atoms. The number of nitrogens with two attached hydrogens (primary N) is 1. The molecule has 0 aliphatic carbocycles. The van der Waals surface area contributed by atoms with Crippen LogP contribution in [0.3, 0.4) is 0 Å². The van der Waals surface area contributed by atoms with Gasteiger partial charge in [-0.15, -0.1) is 0 Å². The number of methoxy groups -OCH3 is 2. The van der Waals surface area contributed by atoms with Crippen LogP contribution < -0.4 is 20.5 Å². The molecule has 1 rings (SSSR count). The molecular weight excluding hydrogens is 192 g/mol. The number of likely N-dealkylation sites (N-methyl/N-ethyl adjacent to an activating group) is 1. The first-order valence-electron chi connectivity index (χ1n) is 4.86. The van der Waals surface area contributed by atoms with E-state index in [1.807, 2.05) is 25.2 Å². The van der Waals surface area contributed by atoms with Gasteiger partial charge in [0.2, 0.25) is 0 Å². The highest BCUT2D eigenvalue weighted by Gasteiger charge is 2.17. The molecule has 0 heterocycles. The van der Waals surface area contributed by atoms with Crippen molar-refractivity contribution < 1.29 is 9.47 Å². The standard InChI is InChI=1S/C11H18N2O2/c1-13-8(7-12)11-9(14-2)5-4-6-10(11)15-3/h4-6,8,13H,7,12H2,1-3H3. The van der Waals surface area contributed by atoms with Gasteiger partial charge in [0, 0.05) is 6.54 Å². The predicted molar refractivity (Wildman–Crippen MR) is 60.4 cm³/mol. The Morgan fingerprint density at radius 2 is 1.80 bits per heavy atom. The lowest BCUT2D eigenvalue weighted by Gasteiger charge is -2.20. The zero-order chi connectivity index (χ0) is 11.3. The molecule has 0 spiro atoms. The summed E-state index contributed by atoms with van der Waals surface area (Å²) in [5.41, 5.74) is 6.65. The Labute approximate surface area is 90.4 Å². The summed E-state index contributed by atoms with van der Waals surface area (Å²) in [6, 6.07) is 5.73. The lowest BCUT2D eigenvalue weighted by atomic mass is 10.0. The van der Waals surface area contributed by atoms with Crippen LogP contribution >= 0.6 is 0 Å². The van der Waals surface area contributed by atoms with E-state index in [-0.39, 0.29) is 6.04 Å². The second kappa shape index (κ2) is 5.58. The summed E-state index contributed by atoms with van der Waals surface area (Å²) in [7, 11) is 5.15. The summed E-state index contributed by atoms with van der Waals surface area (Å²) < 4.78 is 10.6. The highest BCUT2D eigenvalue weighted by molar-refractivity contribution is 5.47. The summed E-state index contributed by atoms with van der Waals surface area (Å²) in [5, 5.41) is 3.13. The third-order valence-corrected chi connectivity index (χ3v) is 2.40. The van der Waals surface area contributed by atoms with Crippen LogP contribution in [-0.2, 0) is 0 Å². The Balaban J connectivity index is 3.20. The monoisotopic (exact) mass is 210 g/mol. The Hall–Kier alpha value is -1.26. The third kappa shape index (κ3) is 2.40. The zero-order valence-corrected chi connectivity index (χ0v) is 9.41. The maximum atomic E-state index is 5.69. The molecule has 84 valence electrons. The number of hydrogen-bond donors (Lipinski definition) is 2. The Morgan fingerprint density at radius 1 is 1.27 bits per heavy atom. The van der Waals surface area contributed by atoms with Crippen molar-refractivity contribution in [2.24, 2.45) is 5.73 Å². The summed E-state index contributed by atoms with van der Waals surface area (Å²) >= 11 is 0. The maximum absolute atomic E-state index is 5.69. The molecule has 3 N–H and O–H groups in total. The van der Waals surface area contributed by atoms with Gasteiger partial charge in [0.05, 0.1) is 25.8 Å². The first-order valence-corrected chi connectivity index (χ1v) is 4.86. The highest BCUT2D eigenvalue weighted by Crippen LogP contribution is 2.33. The number of rotatable bonds is 5. The van der Waals surface area contributed by atoms with Crippen molar-refractivity contribution in [3.8, 4) is 11.5 Å². The molecule has 1 unspecified atom stereocenters. The minimum atomic E-state index is 0.0381. The van der Waals surface area contributed by atoms with Crippen molar-refractivity contribution >= 4 is 0 Å². The topological polar surface area (TPSA) is 56.5 Å². The van der Waals surface area contributed by atoms with E-state index in [4.69, 9.17) is 15.2 Å². The lowest BCUT2D eigenvalue weighted by Crippen LogP contribution is -2.25. The van der Waals surface area contributed by atoms with E-state index in [0.717, 1.165) is 17.1 Å². The van der Waals surface area contributed by atoms with Gasteiger partial charge < -0.3 is 20.5 Å². The number of nitrogens with one attached hydrogen (secondary N) is 1. The van der Waals surface area contributed by atoms with Gasteiger partial charge >= 0.3 is 0 Å². The molecule has 1 aromatic carbocycles. The fourth-order valence-electron chi connectivity index (χ4n) is 1.60. The smallest absolute Gasteiger partial charge is 0.127 e. The Bertz CT molecular complexity index is 289. The van der Waals surface area contributed by atoms with Crippen molar-refractivity contribution in [3.05, 3.63) is 23.8 Å². The van der Waals surface area contributed by atoms with Crippen LogP contribution in [0.5, 0.6) is 11.5 Å². The van der Waals surface area contributed by atoms with Crippen LogP contribution in [0.25, 0.3) is 0 Å². The molecule has 15 heavy (non-hydrogen) atoms. The Morgan fingerprint density at radius 3 is 2.13 bits per heavy atom. The average Bonchev–Trinajstić information content (AvgIpc) is 2.30. The van der Waals surface area contributed by atoms with E-state index >= 15 is 0 Å². The quantitative estimate of drug-likeness (QED) is 0.759. The van der Waals surface area contributed by atoms with Crippen molar-refractivity contribution in [2.45, 2.75) is 6.04 Å². The van der Waals surface area contributed by atoms with Crippen LogP contribution in [0.4, 0.5) is 0 Å². The van der Waals surface area contributed by atoms with Crippen LogP contribution in [0.15, 0.2) is 18.2 Å². The summed E-state index contributed by atoms with van der Waals surface area (Å²) in [6.45, 7) is 0.493. The lowest BCUT2D eigenvalue weighted by molar-refractivity contribution is 0.374. The molecule has 0 radical (unpaired) electrons. The molecule has 0 aliphatic rings. The van der Waals surface area contributed by atoms with Crippen LogP contribution in [-0.4, -0.2) is 27.8 Å². The maximum Gasteiger partial charge on any atom is 0.127 e. The zero-order valence-electron chi connectivity index (χ0n) is 9.41. The number of benzene rings is 1. The molecule has 1 atom stereocenters. The summed E-state index contributed by atoms with van der Waals surface area (Å²) in [5.74, 6) is 1.58. The van der Waals surface area contributed by atoms with Crippen molar-refractivity contribution in [3.63, 3.8) is 0 Å². The van der Waals surface area contributed by atoms with Gasteiger partial charge in [-0.25, -0.2) is 0 Å². The molecule has 4 nitrogen and oxygen atoms in total. The van der Waals surface area contributed by atoms with Crippen LogP contribution in [0.2, 0.25) is 0 Å². The molecular formula is C11H18N2O2. The second-order valence-corrected chi connectivity index (χ2v) is 3.15. The molecule has 0 aliphatic heterocycles. The van der Waals surface area contributed by atoms with E-state index in [0.29, 0.717) is 6.54 Å². The van der Waals surface area contributed by atoms with E-state index in [1.54, 1.807) is 14.2 Å². The average molecular weight is 210 g/mol. The molecule has 0 fully saturated rings. The first-order chi connectivity index (χ1) is 7.28. The summed E-state index contributed by atoms with van der Waals surface area (Å²) in [4.78, 5) is 0. The minimum absolute atomic E-state index is 0.0381.